The van der Waals surface area contributed by atoms with Gasteiger partial charge in [-0.25, -0.2) is 0 Å². The van der Waals surface area contributed by atoms with E-state index < -0.39 is 0 Å². The van der Waals surface area contributed by atoms with E-state index in [1.165, 1.54) is 0 Å². The van der Waals surface area contributed by atoms with Gasteiger partial charge in [0.2, 0.25) is 5.82 Å². The first-order chi connectivity index (χ1) is 7.31. The minimum absolute atomic E-state index is 0.0265. The molecule has 2 heterocycles. The van der Waals surface area contributed by atoms with Crippen molar-refractivity contribution in [3.63, 3.8) is 0 Å². The molecule has 1 atom stereocenters. The maximum atomic E-state index is 5.92. The van der Waals surface area contributed by atoms with Crippen LogP contribution < -0.4 is 5.73 Å². The second-order valence-corrected chi connectivity index (χ2v) is 3.22. The van der Waals surface area contributed by atoms with Crippen molar-refractivity contribution >= 4 is 0 Å². The molecule has 0 saturated heterocycles. The minimum atomic E-state index is 0.0265. The van der Waals surface area contributed by atoms with Gasteiger partial charge in [0.15, 0.2) is 0 Å². The molecule has 0 fully saturated rings. The van der Waals surface area contributed by atoms with Crippen LogP contribution in [0.4, 0.5) is 0 Å². The summed E-state index contributed by atoms with van der Waals surface area (Å²) in [5.41, 5.74) is 7.64. The summed E-state index contributed by atoms with van der Waals surface area (Å²) in [7, 11) is 0. The Morgan fingerprint density at radius 2 is 2.40 bits per heavy atom. The van der Waals surface area contributed by atoms with Crippen LogP contribution in [0.15, 0.2) is 18.3 Å². The van der Waals surface area contributed by atoms with Crippen LogP contribution in [0.3, 0.4) is 0 Å². The highest BCUT2D eigenvalue weighted by molar-refractivity contribution is 5.48. The van der Waals surface area contributed by atoms with E-state index in [9.17, 15) is 0 Å². The third-order valence-electron chi connectivity index (χ3n) is 2.23. The summed E-state index contributed by atoms with van der Waals surface area (Å²) < 4.78 is 0. The lowest BCUT2D eigenvalue weighted by Crippen LogP contribution is -2.08. The Hall–Kier alpha value is -1.82. The van der Waals surface area contributed by atoms with E-state index in [2.05, 4.69) is 25.6 Å². The summed E-state index contributed by atoms with van der Waals surface area (Å²) in [4.78, 5) is 4.16. The third kappa shape index (κ3) is 1.99. The van der Waals surface area contributed by atoms with Gasteiger partial charge in [-0.3, -0.25) is 4.98 Å². The number of rotatable bonds is 3. The maximum absolute atomic E-state index is 5.92. The van der Waals surface area contributed by atoms with E-state index >= 15 is 0 Å². The van der Waals surface area contributed by atoms with Gasteiger partial charge in [0.05, 0.1) is 0 Å². The Morgan fingerprint density at radius 1 is 1.53 bits per heavy atom. The van der Waals surface area contributed by atoms with Crippen molar-refractivity contribution in [3.05, 3.63) is 23.9 Å². The highest BCUT2D eigenvalue weighted by Crippen LogP contribution is 2.17. The smallest absolute Gasteiger partial charge is 0.222 e. The van der Waals surface area contributed by atoms with Gasteiger partial charge in [0.25, 0.3) is 0 Å². The van der Waals surface area contributed by atoms with Crippen LogP contribution >= 0.6 is 0 Å². The molecule has 6 heteroatoms. The topological polar surface area (TPSA) is 93.4 Å². The van der Waals surface area contributed by atoms with Gasteiger partial charge in [-0.05, 0) is 29.3 Å². The number of aromatic nitrogens is 5. The van der Waals surface area contributed by atoms with Crippen LogP contribution in [-0.4, -0.2) is 25.6 Å². The molecule has 0 saturated carbocycles. The molecule has 2 aromatic rings. The number of nitrogens with one attached hydrogen (secondary N) is 1. The van der Waals surface area contributed by atoms with E-state index in [0.29, 0.717) is 11.5 Å². The predicted octanol–water partition coefficient (Wildman–Crippen LogP) is 0.671. The molecular formula is C9H12N6. The van der Waals surface area contributed by atoms with Gasteiger partial charge in [-0.1, -0.05) is 6.92 Å². The number of hydrogen-bond acceptors (Lipinski definition) is 5. The molecule has 0 spiro atoms. The molecule has 0 aliphatic rings. The molecule has 15 heavy (non-hydrogen) atoms. The summed E-state index contributed by atoms with van der Waals surface area (Å²) in [5.74, 6) is 0.486. The summed E-state index contributed by atoms with van der Waals surface area (Å²) in [6.45, 7) is 2.04. The van der Waals surface area contributed by atoms with Crippen molar-refractivity contribution in [1.29, 1.82) is 0 Å². The number of H-pyrrole nitrogens is 1. The minimum Gasteiger partial charge on any atom is -0.324 e. The van der Waals surface area contributed by atoms with Crippen molar-refractivity contribution in [3.8, 4) is 11.5 Å². The molecule has 0 bridgehead atoms. The highest BCUT2D eigenvalue weighted by atomic mass is 15.5. The maximum Gasteiger partial charge on any atom is 0.222 e. The molecule has 0 aliphatic heterocycles. The lowest BCUT2D eigenvalue weighted by atomic mass is 10.1. The SMILES string of the molecule is CC[C@H](N)c1ccnc(-c2nn[nH]n2)c1. The lowest BCUT2D eigenvalue weighted by molar-refractivity contribution is 0.697. The molecule has 0 unspecified atom stereocenters. The fourth-order valence-corrected chi connectivity index (χ4v) is 1.31. The van der Waals surface area contributed by atoms with Crippen molar-refractivity contribution in [2.24, 2.45) is 5.73 Å². The number of tetrazole rings is 1. The Labute approximate surface area is 86.9 Å². The monoisotopic (exact) mass is 204 g/mol. The average molecular weight is 204 g/mol. The quantitative estimate of drug-likeness (QED) is 0.766. The Bertz CT molecular complexity index is 424. The van der Waals surface area contributed by atoms with Gasteiger partial charge in [-0.15, -0.1) is 10.2 Å². The Kier molecular flexibility index (Phi) is 2.68. The summed E-state index contributed by atoms with van der Waals surface area (Å²) in [5, 5.41) is 13.6. The summed E-state index contributed by atoms with van der Waals surface area (Å²) in [6.07, 6.45) is 2.59. The molecule has 0 radical (unpaired) electrons. The first kappa shape index (κ1) is 9.72. The highest BCUT2D eigenvalue weighted by Gasteiger charge is 2.08. The second-order valence-electron chi connectivity index (χ2n) is 3.22. The number of pyridine rings is 1. The van der Waals surface area contributed by atoms with Crippen LogP contribution in [0.2, 0.25) is 0 Å². The molecule has 2 aromatic heterocycles. The Morgan fingerprint density at radius 3 is 3.07 bits per heavy atom. The zero-order valence-corrected chi connectivity index (χ0v) is 8.38. The number of nitrogens with zero attached hydrogens (tertiary/aromatic N) is 4. The lowest BCUT2D eigenvalue weighted by Gasteiger charge is -2.08. The molecule has 6 nitrogen and oxygen atoms in total. The van der Waals surface area contributed by atoms with Crippen molar-refractivity contribution < 1.29 is 0 Å². The van der Waals surface area contributed by atoms with Crippen molar-refractivity contribution in [2.45, 2.75) is 19.4 Å². The predicted molar refractivity (Wildman–Crippen MR) is 54.6 cm³/mol. The zero-order chi connectivity index (χ0) is 10.7. The fourth-order valence-electron chi connectivity index (χ4n) is 1.31. The van der Waals surface area contributed by atoms with Crippen LogP contribution in [0.5, 0.6) is 0 Å². The number of hydrogen-bond donors (Lipinski definition) is 2. The second kappa shape index (κ2) is 4.14. The fraction of sp³-hybridized carbons (Fsp3) is 0.333. The largest absolute Gasteiger partial charge is 0.324 e. The first-order valence-electron chi connectivity index (χ1n) is 4.76. The average Bonchev–Trinajstić information content (AvgIpc) is 2.82. The summed E-state index contributed by atoms with van der Waals surface area (Å²) in [6, 6.07) is 3.81. The van der Waals surface area contributed by atoms with E-state index in [1.807, 2.05) is 19.1 Å². The number of aromatic amines is 1. The van der Waals surface area contributed by atoms with Gasteiger partial charge in [-0.2, -0.15) is 5.21 Å². The molecule has 2 rings (SSSR count). The van der Waals surface area contributed by atoms with Gasteiger partial charge in [0.1, 0.15) is 5.69 Å². The van der Waals surface area contributed by atoms with Crippen molar-refractivity contribution in [1.82, 2.24) is 25.6 Å². The van der Waals surface area contributed by atoms with E-state index in [4.69, 9.17) is 5.73 Å². The van der Waals surface area contributed by atoms with Crippen LogP contribution in [0, 0.1) is 0 Å². The van der Waals surface area contributed by atoms with Crippen molar-refractivity contribution in [2.75, 3.05) is 0 Å². The van der Waals surface area contributed by atoms with E-state index in [-0.39, 0.29) is 6.04 Å². The third-order valence-corrected chi connectivity index (χ3v) is 2.23. The van der Waals surface area contributed by atoms with Crippen LogP contribution in [0.1, 0.15) is 24.9 Å². The molecule has 78 valence electrons. The molecule has 0 amide bonds. The zero-order valence-electron chi connectivity index (χ0n) is 8.38. The molecular weight excluding hydrogens is 192 g/mol. The van der Waals surface area contributed by atoms with Gasteiger partial charge < -0.3 is 5.73 Å². The summed E-state index contributed by atoms with van der Waals surface area (Å²) >= 11 is 0. The first-order valence-corrected chi connectivity index (χ1v) is 4.76. The van der Waals surface area contributed by atoms with Crippen LogP contribution in [0.25, 0.3) is 11.5 Å². The van der Waals surface area contributed by atoms with E-state index in [0.717, 1.165) is 12.0 Å². The number of nitrogens with two attached hydrogens (primary N) is 1. The van der Waals surface area contributed by atoms with Crippen LogP contribution in [-0.2, 0) is 0 Å². The molecule has 0 aromatic carbocycles. The normalized spacial score (nSPS) is 12.7. The van der Waals surface area contributed by atoms with Gasteiger partial charge >= 0.3 is 0 Å². The molecule has 3 N–H and O–H groups in total. The van der Waals surface area contributed by atoms with E-state index in [1.54, 1.807) is 6.20 Å². The standard InChI is InChI=1S/C9H12N6/c1-2-7(10)6-3-4-11-8(5-6)9-12-14-15-13-9/h3-5,7H,2,10H2,1H3,(H,12,13,14,15)/t7-/m0/s1. The van der Waals surface area contributed by atoms with Gasteiger partial charge in [0, 0.05) is 12.2 Å². The Balaban J connectivity index is 2.35. The molecule has 0 aliphatic carbocycles.